The quantitative estimate of drug-likeness (QED) is 0.723. The Morgan fingerprint density at radius 2 is 2.10 bits per heavy atom. The third-order valence-electron chi connectivity index (χ3n) is 3.16. The SMILES string of the molecule is COc1cc(N)c(Cl)cc1-c1nc2cccc(C)c2o1. The molecule has 0 unspecified atom stereocenters. The molecule has 3 rings (SSSR count). The fraction of sp³-hybridized carbons (Fsp3) is 0.133. The van der Waals surface area contributed by atoms with E-state index in [1.54, 1.807) is 19.2 Å². The van der Waals surface area contributed by atoms with E-state index in [0.29, 0.717) is 27.9 Å². The summed E-state index contributed by atoms with van der Waals surface area (Å²) in [7, 11) is 1.57. The van der Waals surface area contributed by atoms with Crippen molar-refractivity contribution in [1.82, 2.24) is 4.98 Å². The van der Waals surface area contributed by atoms with Gasteiger partial charge in [-0.25, -0.2) is 4.98 Å². The van der Waals surface area contributed by atoms with E-state index in [1.807, 2.05) is 25.1 Å². The Hall–Kier alpha value is -2.20. The normalized spacial score (nSPS) is 10.9. The second-order valence-corrected chi connectivity index (χ2v) is 4.92. The van der Waals surface area contributed by atoms with Crippen molar-refractivity contribution in [2.45, 2.75) is 6.92 Å². The summed E-state index contributed by atoms with van der Waals surface area (Å²) in [5.41, 5.74) is 9.51. The number of aromatic nitrogens is 1. The molecule has 0 aliphatic rings. The number of aryl methyl sites for hydroxylation is 1. The molecule has 0 bridgehead atoms. The van der Waals surface area contributed by atoms with Crippen molar-refractivity contribution in [1.29, 1.82) is 0 Å². The van der Waals surface area contributed by atoms with Crippen molar-refractivity contribution >= 4 is 28.4 Å². The van der Waals surface area contributed by atoms with Gasteiger partial charge in [-0.05, 0) is 24.6 Å². The molecule has 2 N–H and O–H groups in total. The molecule has 1 aromatic heterocycles. The monoisotopic (exact) mass is 288 g/mol. The molecule has 0 radical (unpaired) electrons. The first kappa shape index (κ1) is 12.8. The zero-order valence-electron chi connectivity index (χ0n) is 11.1. The number of para-hydroxylation sites is 1. The fourth-order valence-corrected chi connectivity index (χ4v) is 2.27. The third kappa shape index (κ3) is 1.98. The number of rotatable bonds is 2. The van der Waals surface area contributed by atoms with Crippen molar-refractivity contribution in [2.24, 2.45) is 0 Å². The lowest BCUT2D eigenvalue weighted by molar-refractivity contribution is 0.415. The number of fused-ring (bicyclic) bond motifs is 1. The maximum atomic E-state index is 6.07. The number of halogens is 1. The van der Waals surface area contributed by atoms with Gasteiger partial charge in [0.05, 0.1) is 23.4 Å². The molecule has 0 spiro atoms. The average Bonchev–Trinajstić information content (AvgIpc) is 2.86. The molecule has 0 amide bonds. The van der Waals surface area contributed by atoms with Crippen LogP contribution in [0.1, 0.15) is 5.56 Å². The molecule has 0 atom stereocenters. The van der Waals surface area contributed by atoms with Crippen LogP contribution in [-0.2, 0) is 0 Å². The Labute approximate surface area is 121 Å². The van der Waals surface area contributed by atoms with Crippen LogP contribution in [0.25, 0.3) is 22.6 Å². The van der Waals surface area contributed by atoms with Crippen LogP contribution >= 0.6 is 11.6 Å². The van der Waals surface area contributed by atoms with Gasteiger partial charge in [0.1, 0.15) is 11.3 Å². The Bertz CT molecular complexity index is 796. The van der Waals surface area contributed by atoms with Crippen LogP contribution in [0, 0.1) is 6.92 Å². The molecular weight excluding hydrogens is 276 g/mol. The molecule has 20 heavy (non-hydrogen) atoms. The van der Waals surface area contributed by atoms with E-state index in [1.165, 1.54) is 0 Å². The topological polar surface area (TPSA) is 61.3 Å². The second kappa shape index (κ2) is 4.72. The van der Waals surface area contributed by atoms with Gasteiger partial charge in [-0.15, -0.1) is 0 Å². The summed E-state index contributed by atoms with van der Waals surface area (Å²) in [6.45, 7) is 1.98. The van der Waals surface area contributed by atoms with E-state index < -0.39 is 0 Å². The van der Waals surface area contributed by atoms with Crippen LogP contribution in [0.4, 0.5) is 5.69 Å². The molecule has 0 aliphatic carbocycles. The van der Waals surface area contributed by atoms with E-state index in [4.69, 9.17) is 26.5 Å². The van der Waals surface area contributed by atoms with Gasteiger partial charge in [0, 0.05) is 6.07 Å². The number of nitrogen functional groups attached to an aromatic ring is 1. The van der Waals surface area contributed by atoms with Gasteiger partial charge in [0.15, 0.2) is 5.58 Å². The summed E-state index contributed by atoms with van der Waals surface area (Å²) < 4.78 is 11.2. The molecule has 5 heteroatoms. The lowest BCUT2D eigenvalue weighted by atomic mass is 10.2. The number of nitrogens with two attached hydrogens (primary N) is 1. The van der Waals surface area contributed by atoms with Gasteiger partial charge >= 0.3 is 0 Å². The highest BCUT2D eigenvalue weighted by Gasteiger charge is 2.16. The van der Waals surface area contributed by atoms with Gasteiger partial charge in [-0.3, -0.25) is 0 Å². The van der Waals surface area contributed by atoms with Gasteiger partial charge in [0.25, 0.3) is 0 Å². The van der Waals surface area contributed by atoms with Crippen molar-refractivity contribution in [3.8, 4) is 17.2 Å². The predicted octanol–water partition coefficient (Wildman–Crippen LogP) is 4.05. The van der Waals surface area contributed by atoms with Crippen molar-refractivity contribution in [3.63, 3.8) is 0 Å². The number of hydrogen-bond donors (Lipinski definition) is 1. The highest BCUT2D eigenvalue weighted by Crippen LogP contribution is 2.37. The van der Waals surface area contributed by atoms with E-state index in [2.05, 4.69) is 4.98 Å². The summed E-state index contributed by atoms with van der Waals surface area (Å²) in [6.07, 6.45) is 0. The molecule has 102 valence electrons. The Morgan fingerprint density at radius 1 is 1.30 bits per heavy atom. The van der Waals surface area contributed by atoms with Crippen LogP contribution < -0.4 is 10.5 Å². The summed E-state index contributed by atoms with van der Waals surface area (Å²) in [5.74, 6) is 1.05. The first-order valence-electron chi connectivity index (χ1n) is 6.09. The zero-order valence-corrected chi connectivity index (χ0v) is 11.9. The first-order valence-corrected chi connectivity index (χ1v) is 6.47. The van der Waals surface area contributed by atoms with Crippen LogP contribution in [0.3, 0.4) is 0 Å². The molecule has 0 saturated heterocycles. The molecule has 2 aromatic carbocycles. The van der Waals surface area contributed by atoms with Crippen LogP contribution in [0.5, 0.6) is 5.75 Å². The van der Waals surface area contributed by atoms with Gasteiger partial charge in [0.2, 0.25) is 5.89 Å². The molecule has 0 saturated carbocycles. The summed E-state index contributed by atoms with van der Waals surface area (Å²) in [4.78, 5) is 4.48. The highest BCUT2D eigenvalue weighted by molar-refractivity contribution is 6.33. The van der Waals surface area contributed by atoms with Crippen molar-refractivity contribution < 1.29 is 9.15 Å². The summed E-state index contributed by atoms with van der Waals surface area (Å²) >= 11 is 6.07. The van der Waals surface area contributed by atoms with E-state index in [9.17, 15) is 0 Å². The smallest absolute Gasteiger partial charge is 0.231 e. The van der Waals surface area contributed by atoms with E-state index in [-0.39, 0.29) is 0 Å². The lowest BCUT2D eigenvalue weighted by Gasteiger charge is -2.07. The average molecular weight is 289 g/mol. The number of anilines is 1. The van der Waals surface area contributed by atoms with Crippen LogP contribution in [0.2, 0.25) is 5.02 Å². The fourth-order valence-electron chi connectivity index (χ4n) is 2.11. The predicted molar refractivity (Wildman–Crippen MR) is 80.2 cm³/mol. The van der Waals surface area contributed by atoms with Gasteiger partial charge in [-0.1, -0.05) is 23.7 Å². The number of methoxy groups -OCH3 is 1. The Balaban J connectivity index is 2.25. The van der Waals surface area contributed by atoms with Crippen LogP contribution in [0.15, 0.2) is 34.7 Å². The first-order chi connectivity index (χ1) is 9.60. The van der Waals surface area contributed by atoms with Crippen LogP contribution in [-0.4, -0.2) is 12.1 Å². The maximum absolute atomic E-state index is 6.07. The molecule has 0 fully saturated rings. The number of hydrogen-bond acceptors (Lipinski definition) is 4. The van der Waals surface area contributed by atoms with Gasteiger partial charge < -0.3 is 14.9 Å². The molecule has 0 aliphatic heterocycles. The summed E-state index contributed by atoms with van der Waals surface area (Å²) in [5, 5.41) is 0.444. The molecule has 1 heterocycles. The largest absolute Gasteiger partial charge is 0.496 e. The molecule has 3 aromatic rings. The number of oxazole rings is 1. The Morgan fingerprint density at radius 3 is 2.80 bits per heavy atom. The number of ether oxygens (including phenoxy) is 1. The zero-order chi connectivity index (χ0) is 14.3. The maximum Gasteiger partial charge on any atom is 0.231 e. The minimum Gasteiger partial charge on any atom is -0.496 e. The Kier molecular flexibility index (Phi) is 3.03. The standard InChI is InChI=1S/C15H13ClN2O2/c1-8-4-3-5-12-14(8)20-15(18-12)9-6-10(16)11(17)7-13(9)19-2/h3-7H,17H2,1-2H3. The third-order valence-corrected chi connectivity index (χ3v) is 3.49. The van der Waals surface area contributed by atoms with Crippen molar-refractivity contribution in [2.75, 3.05) is 12.8 Å². The minimum absolute atomic E-state index is 0.444. The van der Waals surface area contributed by atoms with Gasteiger partial charge in [-0.2, -0.15) is 0 Å². The van der Waals surface area contributed by atoms with Crippen molar-refractivity contribution in [3.05, 3.63) is 40.9 Å². The molecular formula is C15H13ClN2O2. The highest BCUT2D eigenvalue weighted by atomic mass is 35.5. The molecule has 4 nitrogen and oxygen atoms in total. The summed E-state index contributed by atoms with van der Waals surface area (Å²) in [6, 6.07) is 9.19. The second-order valence-electron chi connectivity index (χ2n) is 4.52. The minimum atomic E-state index is 0.444. The van der Waals surface area contributed by atoms with E-state index in [0.717, 1.165) is 16.7 Å². The lowest BCUT2D eigenvalue weighted by Crippen LogP contribution is -1.93. The van der Waals surface area contributed by atoms with E-state index >= 15 is 0 Å². The number of benzene rings is 2. The number of nitrogens with zero attached hydrogens (tertiary/aromatic N) is 1.